The molecule has 1 unspecified atom stereocenters. The van der Waals surface area contributed by atoms with Gasteiger partial charge in [0.1, 0.15) is 5.75 Å². The first-order valence-electron chi connectivity index (χ1n) is 11.8. The van der Waals surface area contributed by atoms with Gasteiger partial charge >= 0.3 is 6.03 Å². The van der Waals surface area contributed by atoms with Crippen LogP contribution in [0.15, 0.2) is 48.8 Å². The molecule has 3 rings (SSSR count). The van der Waals surface area contributed by atoms with Crippen LogP contribution >= 0.6 is 0 Å². The molecule has 3 N–H and O–H groups in total. The maximum absolute atomic E-state index is 13.0. The van der Waals surface area contributed by atoms with Crippen LogP contribution in [0.4, 0.5) is 10.5 Å². The van der Waals surface area contributed by atoms with E-state index in [9.17, 15) is 14.4 Å². The molecule has 34 heavy (non-hydrogen) atoms. The van der Waals surface area contributed by atoms with Crippen LogP contribution in [0.25, 0.3) is 0 Å². The van der Waals surface area contributed by atoms with Gasteiger partial charge in [0.25, 0.3) is 0 Å². The molecule has 1 aromatic heterocycles. The number of amides is 4. The number of carbonyl (C=O) groups is 3. The summed E-state index contributed by atoms with van der Waals surface area (Å²) in [4.78, 5) is 43.7. The Morgan fingerprint density at radius 3 is 2.74 bits per heavy atom. The monoisotopic (exact) mass is 467 g/mol. The first-order valence-corrected chi connectivity index (χ1v) is 11.8. The lowest BCUT2D eigenvalue weighted by molar-refractivity contribution is -0.126. The second kappa shape index (κ2) is 13.2. The van der Waals surface area contributed by atoms with E-state index in [1.807, 2.05) is 31.2 Å². The van der Waals surface area contributed by atoms with E-state index < -0.39 is 0 Å². The number of rotatable bonds is 6. The normalized spacial score (nSPS) is 17.1. The van der Waals surface area contributed by atoms with Crippen LogP contribution in [-0.4, -0.2) is 54.0 Å². The van der Waals surface area contributed by atoms with Crippen LogP contribution in [-0.2, 0) is 16.1 Å². The van der Waals surface area contributed by atoms with Crippen molar-refractivity contribution in [3.8, 4) is 5.75 Å². The second-order valence-corrected chi connectivity index (χ2v) is 8.15. The number of anilines is 1. The minimum atomic E-state index is -0.294. The average Bonchev–Trinajstić information content (AvgIpc) is 2.89. The number of nitrogens with one attached hydrogen (secondary N) is 3. The Hall–Kier alpha value is -3.62. The van der Waals surface area contributed by atoms with E-state index in [-0.39, 0.29) is 30.2 Å². The van der Waals surface area contributed by atoms with Gasteiger partial charge in [0.05, 0.1) is 12.3 Å². The Labute approximate surface area is 200 Å². The fourth-order valence-corrected chi connectivity index (χ4v) is 3.84. The van der Waals surface area contributed by atoms with Crippen molar-refractivity contribution in [3.63, 3.8) is 0 Å². The van der Waals surface area contributed by atoms with E-state index in [1.165, 1.54) is 0 Å². The molecule has 1 fully saturated rings. The van der Waals surface area contributed by atoms with Crippen molar-refractivity contribution in [3.05, 3.63) is 54.4 Å². The van der Waals surface area contributed by atoms with Gasteiger partial charge in [-0.2, -0.15) is 0 Å². The molecule has 0 saturated carbocycles. The zero-order valence-electron chi connectivity index (χ0n) is 19.6. The summed E-state index contributed by atoms with van der Waals surface area (Å²) in [6, 6.07) is 10.7. The largest absolute Gasteiger partial charge is 0.492 e. The maximum atomic E-state index is 13.0. The number of hydrogen-bond donors (Lipinski definition) is 3. The third-order valence-corrected chi connectivity index (χ3v) is 5.71. The minimum absolute atomic E-state index is 0.0491. The van der Waals surface area contributed by atoms with Crippen molar-refractivity contribution in [2.75, 3.05) is 31.6 Å². The van der Waals surface area contributed by atoms with E-state index >= 15 is 0 Å². The molecule has 1 aliphatic rings. The quantitative estimate of drug-likeness (QED) is 0.605. The van der Waals surface area contributed by atoms with Gasteiger partial charge in [-0.25, -0.2) is 4.79 Å². The van der Waals surface area contributed by atoms with Gasteiger partial charge in [-0.15, -0.1) is 0 Å². The van der Waals surface area contributed by atoms with Crippen molar-refractivity contribution in [2.24, 2.45) is 5.92 Å². The van der Waals surface area contributed by atoms with Gasteiger partial charge in [0, 0.05) is 50.9 Å². The number of carbonyl (C=O) groups excluding carboxylic acids is 3. The summed E-state index contributed by atoms with van der Waals surface area (Å²) >= 11 is 0. The summed E-state index contributed by atoms with van der Waals surface area (Å²) in [5.41, 5.74) is 1.56. The molecular formula is C25H33N5O4. The molecule has 1 saturated heterocycles. The van der Waals surface area contributed by atoms with Crippen LogP contribution in [0.5, 0.6) is 5.75 Å². The number of benzene rings is 1. The zero-order chi connectivity index (χ0) is 24.2. The van der Waals surface area contributed by atoms with E-state index in [2.05, 4.69) is 20.9 Å². The fraction of sp³-hybridized carbons (Fsp3) is 0.440. The SMILES string of the molecule is CCOc1ccccc1NC(=O)N1CCCC(C(=O)NCc2ccncc2)CCNC(=O)CC1. The predicted octanol–water partition coefficient (Wildman–Crippen LogP) is 2.94. The number of urea groups is 1. The molecule has 2 aromatic rings. The molecule has 4 amide bonds. The van der Waals surface area contributed by atoms with Crippen molar-refractivity contribution >= 4 is 23.5 Å². The Balaban J connectivity index is 1.60. The Morgan fingerprint density at radius 1 is 1.15 bits per heavy atom. The van der Waals surface area contributed by atoms with Gasteiger partial charge in [-0.1, -0.05) is 12.1 Å². The van der Waals surface area contributed by atoms with Gasteiger partial charge in [0.2, 0.25) is 11.8 Å². The molecule has 0 radical (unpaired) electrons. The van der Waals surface area contributed by atoms with Crippen LogP contribution < -0.4 is 20.7 Å². The molecule has 9 heteroatoms. The number of aromatic nitrogens is 1. The highest BCUT2D eigenvalue weighted by Crippen LogP contribution is 2.24. The Kier molecular flexibility index (Phi) is 9.69. The van der Waals surface area contributed by atoms with Gasteiger partial charge in [-0.05, 0) is 56.0 Å². The maximum Gasteiger partial charge on any atom is 0.321 e. The van der Waals surface area contributed by atoms with Gasteiger partial charge in [0.15, 0.2) is 0 Å². The zero-order valence-corrected chi connectivity index (χ0v) is 19.6. The summed E-state index contributed by atoms with van der Waals surface area (Å²) in [5, 5.41) is 8.74. The Bertz CT molecular complexity index is 953. The first-order chi connectivity index (χ1) is 16.6. The lowest BCUT2D eigenvalue weighted by Crippen LogP contribution is -2.38. The van der Waals surface area contributed by atoms with E-state index in [0.717, 1.165) is 5.56 Å². The average molecular weight is 468 g/mol. The first kappa shape index (κ1) is 25.0. The number of para-hydroxylation sites is 2. The standard InChI is InChI=1S/C25H33N5O4/c1-2-34-22-8-4-3-7-21(22)29-25(33)30-16-5-6-20(11-15-27-23(31)12-17-30)24(32)28-18-19-9-13-26-14-10-19/h3-4,7-10,13-14,20H,2,5-6,11-12,15-18H2,1H3,(H,27,31)(H,28,32)(H,29,33). The van der Waals surface area contributed by atoms with Crippen molar-refractivity contribution in [2.45, 2.75) is 39.2 Å². The number of nitrogens with zero attached hydrogens (tertiary/aromatic N) is 2. The molecule has 0 bridgehead atoms. The summed E-state index contributed by atoms with van der Waals surface area (Å²) in [6.07, 6.45) is 5.42. The fourth-order valence-electron chi connectivity index (χ4n) is 3.84. The molecule has 1 aliphatic heterocycles. The van der Waals surface area contributed by atoms with Crippen LogP contribution in [0.1, 0.15) is 38.2 Å². The summed E-state index contributed by atoms with van der Waals surface area (Å²) < 4.78 is 5.59. The second-order valence-electron chi connectivity index (χ2n) is 8.15. The van der Waals surface area contributed by atoms with Crippen LogP contribution in [0.3, 0.4) is 0 Å². The highest BCUT2D eigenvalue weighted by Gasteiger charge is 2.22. The molecule has 182 valence electrons. The smallest absolute Gasteiger partial charge is 0.321 e. The lowest BCUT2D eigenvalue weighted by atomic mass is 9.98. The summed E-state index contributed by atoms with van der Waals surface area (Å²) in [7, 11) is 0. The third kappa shape index (κ3) is 7.75. The summed E-state index contributed by atoms with van der Waals surface area (Å²) in [5.74, 6) is 0.168. The van der Waals surface area contributed by atoms with E-state index in [1.54, 1.807) is 29.4 Å². The van der Waals surface area contributed by atoms with Crippen molar-refractivity contribution in [1.29, 1.82) is 0 Å². The van der Waals surface area contributed by atoms with Crippen LogP contribution in [0.2, 0.25) is 0 Å². The highest BCUT2D eigenvalue weighted by molar-refractivity contribution is 5.91. The Morgan fingerprint density at radius 2 is 1.94 bits per heavy atom. The molecule has 2 heterocycles. The lowest BCUT2D eigenvalue weighted by Gasteiger charge is -2.24. The van der Waals surface area contributed by atoms with Gasteiger partial charge in [-0.3, -0.25) is 14.6 Å². The number of ether oxygens (including phenoxy) is 1. The summed E-state index contributed by atoms with van der Waals surface area (Å²) in [6.45, 7) is 3.98. The number of pyridine rings is 1. The molecule has 9 nitrogen and oxygen atoms in total. The predicted molar refractivity (Wildman–Crippen MR) is 129 cm³/mol. The van der Waals surface area contributed by atoms with Gasteiger partial charge < -0.3 is 25.6 Å². The van der Waals surface area contributed by atoms with Crippen molar-refractivity contribution in [1.82, 2.24) is 20.5 Å². The van der Waals surface area contributed by atoms with E-state index in [4.69, 9.17) is 4.74 Å². The minimum Gasteiger partial charge on any atom is -0.492 e. The van der Waals surface area contributed by atoms with Crippen molar-refractivity contribution < 1.29 is 19.1 Å². The topological polar surface area (TPSA) is 113 Å². The molecule has 0 spiro atoms. The molecule has 0 aliphatic carbocycles. The van der Waals surface area contributed by atoms with Crippen LogP contribution in [0, 0.1) is 5.92 Å². The molecule has 1 aromatic carbocycles. The molecule has 1 atom stereocenters. The third-order valence-electron chi connectivity index (χ3n) is 5.71. The highest BCUT2D eigenvalue weighted by atomic mass is 16.5. The number of hydrogen-bond acceptors (Lipinski definition) is 5. The molecular weight excluding hydrogens is 434 g/mol. The van der Waals surface area contributed by atoms with E-state index in [0.29, 0.717) is 63.5 Å².